The third-order valence-corrected chi connectivity index (χ3v) is 6.92. The summed E-state index contributed by atoms with van der Waals surface area (Å²) in [5.74, 6) is 0.0266. The van der Waals surface area contributed by atoms with E-state index in [-0.39, 0.29) is 23.2 Å². The minimum absolute atomic E-state index is 0.0711. The van der Waals surface area contributed by atoms with E-state index >= 15 is 0 Å². The summed E-state index contributed by atoms with van der Waals surface area (Å²) in [5, 5.41) is 3.92. The molecule has 2 aromatic rings. The number of rotatable bonds is 3. The second kappa shape index (κ2) is 6.38. The van der Waals surface area contributed by atoms with Crippen molar-refractivity contribution in [3.63, 3.8) is 0 Å². The highest BCUT2D eigenvalue weighted by atomic mass is 32.1. The summed E-state index contributed by atoms with van der Waals surface area (Å²) in [4.78, 5) is 15.8. The van der Waals surface area contributed by atoms with Gasteiger partial charge in [0, 0.05) is 16.3 Å². The summed E-state index contributed by atoms with van der Waals surface area (Å²) in [6.45, 7) is 6.45. The number of fused-ring (bicyclic) bond motifs is 4. The van der Waals surface area contributed by atoms with Gasteiger partial charge < -0.3 is 10.1 Å². The number of hydrogen-bond acceptors (Lipinski definition) is 4. The van der Waals surface area contributed by atoms with Crippen LogP contribution in [0.2, 0.25) is 0 Å². The Morgan fingerprint density at radius 1 is 1.26 bits per heavy atom. The van der Waals surface area contributed by atoms with Gasteiger partial charge in [0.05, 0.1) is 4.88 Å². The van der Waals surface area contributed by atoms with Crippen LogP contribution in [0.1, 0.15) is 36.4 Å². The normalized spacial score (nSPS) is 26.9. The fourth-order valence-corrected chi connectivity index (χ4v) is 5.40. The number of amides is 1. The van der Waals surface area contributed by atoms with E-state index in [2.05, 4.69) is 28.8 Å². The van der Waals surface area contributed by atoms with Gasteiger partial charge in [0.1, 0.15) is 5.75 Å². The summed E-state index contributed by atoms with van der Waals surface area (Å²) in [7, 11) is 0. The summed E-state index contributed by atoms with van der Waals surface area (Å²) < 4.78 is 41.7. The molecular formula is C19H21F3N2O2S. The van der Waals surface area contributed by atoms with E-state index in [1.165, 1.54) is 23.5 Å². The maximum atomic E-state index is 12.8. The first-order valence-electron chi connectivity index (χ1n) is 8.99. The van der Waals surface area contributed by atoms with Gasteiger partial charge >= 0.3 is 6.36 Å². The van der Waals surface area contributed by atoms with Crippen LogP contribution in [-0.4, -0.2) is 41.8 Å². The Labute approximate surface area is 159 Å². The summed E-state index contributed by atoms with van der Waals surface area (Å²) >= 11 is 1.18. The number of nitrogens with zero attached hydrogens (tertiary/aromatic N) is 1. The van der Waals surface area contributed by atoms with Gasteiger partial charge in [-0.15, -0.1) is 24.5 Å². The molecule has 0 aliphatic carbocycles. The van der Waals surface area contributed by atoms with Crippen LogP contribution >= 0.6 is 11.3 Å². The smallest absolute Gasteiger partial charge is 0.406 e. The molecule has 4 nitrogen and oxygen atoms in total. The molecule has 5 rings (SSSR count). The molecule has 1 amide bonds. The first kappa shape index (κ1) is 18.6. The van der Waals surface area contributed by atoms with Crippen LogP contribution in [0.5, 0.6) is 5.75 Å². The third-order valence-electron chi connectivity index (χ3n) is 5.82. The van der Waals surface area contributed by atoms with E-state index in [0.717, 1.165) is 31.3 Å². The zero-order chi connectivity index (χ0) is 19.4. The van der Waals surface area contributed by atoms with E-state index in [1.54, 1.807) is 12.1 Å². The van der Waals surface area contributed by atoms with Crippen molar-refractivity contribution < 1.29 is 22.7 Å². The molecule has 146 valence electrons. The Bertz CT molecular complexity index is 869. The van der Waals surface area contributed by atoms with Crippen LogP contribution in [0.15, 0.2) is 24.3 Å². The molecule has 0 radical (unpaired) electrons. The maximum Gasteiger partial charge on any atom is 0.573 e. The first-order chi connectivity index (χ1) is 12.6. The number of piperidine rings is 3. The number of thiophene rings is 1. The predicted octanol–water partition coefficient (Wildman–Crippen LogP) is 4.40. The molecular weight excluding hydrogens is 377 g/mol. The van der Waals surface area contributed by atoms with Crippen LogP contribution in [0.3, 0.4) is 0 Å². The van der Waals surface area contributed by atoms with E-state index in [9.17, 15) is 18.0 Å². The number of alkyl halides is 3. The lowest BCUT2D eigenvalue weighted by Gasteiger charge is -2.56. The van der Waals surface area contributed by atoms with Crippen molar-refractivity contribution in [2.24, 2.45) is 5.92 Å². The van der Waals surface area contributed by atoms with Crippen LogP contribution in [0.25, 0.3) is 10.1 Å². The fourth-order valence-electron chi connectivity index (χ4n) is 4.41. The van der Waals surface area contributed by atoms with Crippen LogP contribution in [0, 0.1) is 5.92 Å². The molecule has 0 spiro atoms. The van der Waals surface area contributed by atoms with Crippen molar-refractivity contribution in [2.45, 2.75) is 44.6 Å². The van der Waals surface area contributed by atoms with Gasteiger partial charge in [-0.1, -0.05) is 0 Å². The monoisotopic (exact) mass is 398 g/mol. The minimum atomic E-state index is -4.73. The Balaban J connectivity index is 1.54. The molecule has 3 saturated heterocycles. The summed E-state index contributed by atoms with van der Waals surface area (Å²) in [6, 6.07) is 5.92. The Kier molecular flexibility index (Phi) is 4.38. The topological polar surface area (TPSA) is 41.6 Å². The number of benzene rings is 1. The third kappa shape index (κ3) is 3.52. The summed E-state index contributed by atoms with van der Waals surface area (Å²) in [5.41, 5.74) is -0.0960. The van der Waals surface area contributed by atoms with Crippen molar-refractivity contribution in [2.75, 3.05) is 13.1 Å². The van der Waals surface area contributed by atoms with Gasteiger partial charge in [0.2, 0.25) is 0 Å². The molecule has 3 aliphatic heterocycles. The maximum absolute atomic E-state index is 12.8. The van der Waals surface area contributed by atoms with E-state index in [0.29, 0.717) is 15.5 Å². The highest BCUT2D eigenvalue weighted by Crippen LogP contribution is 2.39. The standard InChI is InChI=1S/C19H21F3N2O2S/c1-18(2)16(11-5-7-24(18)8-6-11)23-17(25)15-9-12-3-4-13(10-14(12)27-15)26-19(20,21)22/h3-4,9-11,16H,5-8H2,1-2H3,(H,23,25)/t16-/m1/s1. The molecule has 8 heteroatoms. The molecule has 0 unspecified atom stereocenters. The van der Waals surface area contributed by atoms with Crippen molar-refractivity contribution in [1.29, 1.82) is 0 Å². The van der Waals surface area contributed by atoms with Gasteiger partial charge in [-0.05, 0) is 75.3 Å². The number of hydrogen-bond donors (Lipinski definition) is 1. The molecule has 1 N–H and O–H groups in total. The Hall–Kier alpha value is -1.80. The number of carbonyl (C=O) groups excluding carboxylic acids is 1. The van der Waals surface area contributed by atoms with E-state index < -0.39 is 6.36 Å². The van der Waals surface area contributed by atoms with Gasteiger partial charge in [-0.3, -0.25) is 9.69 Å². The largest absolute Gasteiger partial charge is 0.573 e. The average Bonchev–Trinajstić information content (AvgIpc) is 3.00. The van der Waals surface area contributed by atoms with E-state index in [1.807, 2.05) is 0 Å². The molecule has 3 aliphatic rings. The quantitative estimate of drug-likeness (QED) is 0.833. The van der Waals surface area contributed by atoms with Crippen molar-refractivity contribution in [1.82, 2.24) is 10.2 Å². The highest BCUT2D eigenvalue weighted by molar-refractivity contribution is 7.20. The lowest BCUT2D eigenvalue weighted by molar-refractivity contribution is -0.274. The molecule has 3 fully saturated rings. The molecule has 2 bridgehead atoms. The number of halogens is 3. The second-order valence-electron chi connectivity index (χ2n) is 7.79. The first-order valence-corrected chi connectivity index (χ1v) is 9.80. The number of nitrogens with one attached hydrogen (secondary N) is 1. The number of ether oxygens (including phenoxy) is 1. The SMILES string of the molecule is CC1(C)[C@H](NC(=O)c2cc3ccc(OC(F)(F)F)cc3s2)C2CCN1CC2. The lowest BCUT2D eigenvalue weighted by Crippen LogP contribution is -2.69. The van der Waals surface area contributed by atoms with Crippen molar-refractivity contribution >= 4 is 27.3 Å². The zero-order valence-electron chi connectivity index (χ0n) is 15.1. The summed E-state index contributed by atoms with van der Waals surface area (Å²) in [6.07, 6.45) is -2.57. The average molecular weight is 398 g/mol. The van der Waals surface area contributed by atoms with E-state index in [4.69, 9.17) is 0 Å². The Morgan fingerprint density at radius 2 is 1.96 bits per heavy atom. The van der Waals surface area contributed by atoms with Crippen LogP contribution in [0.4, 0.5) is 13.2 Å². The molecule has 4 heterocycles. The van der Waals surface area contributed by atoms with Crippen molar-refractivity contribution in [3.8, 4) is 5.75 Å². The zero-order valence-corrected chi connectivity index (χ0v) is 15.9. The molecule has 1 aromatic carbocycles. The molecule has 27 heavy (non-hydrogen) atoms. The highest BCUT2D eigenvalue weighted by Gasteiger charge is 2.48. The van der Waals surface area contributed by atoms with Gasteiger partial charge in [-0.2, -0.15) is 0 Å². The molecule has 1 atom stereocenters. The fraction of sp³-hybridized carbons (Fsp3) is 0.526. The minimum Gasteiger partial charge on any atom is -0.406 e. The van der Waals surface area contributed by atoms with Crippen LogP contribution < -0.4 is 10.1 Å². The lowest BCUT2D eigenvalue weighted by atomic mass is 9.72. The Morgan fingerprint density at radius 3 is 2.59 bits per heavy atom. The van der Waals surface area contributed by atoms with Crippen molar-refractivity contribution in [3.05, 3.63) is 29.1 Å². The van der Waals surface area contributed by atoms with Gasteiger partial charge in [0.25, 0.3) is 5.91 Å². The molecule has 1 aromatic heterocycles. The second-order valence-corrected chi connectivity index (χ2v) is 8.87. The van der Waals surface area contributed by atoms with Gasteiger partial charge in [-0.25, -0.2) is 0 Å². The van der Waals surface area contributed by atoms with Gasteiger partial charge in [0.15, 0.2) is 0 Å². The molecule has 0 saturated carbocycles. The predicted molar refractivity (Wildman–Crippen MR) is 98.1 cm³/mol. The number of carbonyl (C=O) groups is 1. The van der Waals surface area contributed by atoms with Crippen LogP contribution in [-0.2, 0) is 0 Å².